The third kappa shape index (κ3) is 4.98. The van der Waals surface area contributed by atoms with E-state index in [0.717, 1.165) is 37.0 Å². The monoisotopic (exact) mass is 314 g/mol. The summed E-state index contributed by atoms with van der Waals surface area (Å²) in [5.74, 6) is 0.526. The molecule has 1 aromatic rings. The van der Waals surface area contributed by atoms with Crippen LogP contribution in [0.4, 0.5) is 0 Å². The van der Waals surface area contributed by atoms with Crippen LogP contribution in [0.5, 0.6) is 5.75 Å². The Balaban J connectivity index is 1.91. The molecular formula is C20H26O3. The van der Waals surface area contributed by atoms with Gasteiger partial charge in [-0.25, -0.2) is 4.79 Å². The Hall–Kier alpha value is -2.03. The minimum atomic E-state index is -0.347. The van der Waals surface area contributed by atoms with Crippen LogP contribution in [-0.2, 0) is 9.53 Å². The first-order valence-corrected chi connectivity index (χ1v) is 8.12. The number of esters is 1. The number of methoxy groups -OCH3 is 1. The van der Waals surface area contributed by atoms with Crippen molar-refractivity contribution in [3.63, 3.8) is 0 Å². The SMILES string of the molecule is COc1ccc(/C=C/C(=O)OC2(C)CCC(=C(C)C)CC2)cc1. The van der Waals surface area contributed by atoms with Gasteiger partial charge < -0.3 is 9.47 Å². The van der Waals surface area contributed by atoms with E-state index in [9.17, 15) is 4.79 Å². The summed E-state index contributed by atoms with van der Waals surface area (Å²) in [4.78, 5) is 12.1. The second kappa shape index (κ2) is 7.49. The molecular weight excluding hydrogens is 288 g/mol. The Morgan fingerprint density at radius 1 is 1.13 bits per heavy atom. The molecule has 0 spiro atoms. The fraction of sp³-hybridized carbons (Fsp3) is 0.450. The summed E-state index contributed by atoms with van der Waals surface area (Å²) in [6, 6.07) is 7.56. The largest absolute Gasteiger partial charge is 0.497 e. The molecule has 0 amide bonds. The van der Waals surface area contributed by atoms with Crippen molar-refractivity contribution in [3.05, 3.63) is 47.1 Å². The van der Waals surface area contributed by atoms with Crippen LogP contribution >= 0.6 is 0 Å². The lowest BCUT2D eigenvalue weighted by molar-refractivity contribution is -0.153. The van der Waals surface area contributed by atoms with E-state index in [-0.39, 0.29) is 11.6 Å². The molecule has 1 aliphatic carbocycles. The van der Waals surface area contributed by atoms with Crippen LogP contribution in [0.3, 0.4) is 0 Å². The molecule has 23 heavy (non-hydrogen) atoms. The van der Waals surface area contributed by atoms with E-state index < -0.39 is 0 Å². The Morgan fingerprint density at radius 3 is 2.26 bits per heavy atom. The zero-order valence-corrected chi connectivity index (χ0v) is 14.5. The topological polar surface area (TPSA) is 35.5 Å². The third-order valence-corrected chi connectivity index (χ3v) is 4.49. The Kier molecular flexibility index (Phi) is 5.64. The number of rotatable bonds is 4. The predicted molar refractivity (Wildman–Crippen MR) is 93.4 cm³/mol. The van der Waals surface area contributed by atoms with Crippen LogP contribution < -0.4 is 4.74 Å². The number of ether oxygens (including phenoxy) is 2. The summed E-state index contributed by atoms with van der Waals surface area (Å²) >= 11 is 0. The van der Waals surface area contributed by atoms with Gasteiger partial charge in [-0.3, -0.25) is 0 Å². The van der Waals surface area contributed by atoms with Gasteiger partial charge in [-0.15, -0.1) is 0 Å². The summed E-state index contributed by atoms with van der Waals surface area (Å²) in [5.41, 5.74) is 3.51. The molecule has 0 atom stereocenters. The van der Waals surface area contributed by atoms with Crippen LogP contribution in [0, 0.1) is 0 Å². The summed E-state index contributed by atoms with van der Waals surface area (Å²) in [6.07, 6.45) is 7.12. The van der Waals surface area contributed by atoms with E-state index in [2.05, 4.69) is 13.8 Å². The molecule has 1 saturated carbocycles. The summed E-state index contributed by atoms with van der Waals surface area (Å²) in [5, 5.41) is 0. The van der Waals surface area contributed by atoms with Gasteiger partial charge in [0.25, 0.3) is 0 Å². The second-order valence-corrected chi connectivity index (χ2v) is 6.58. The number of carbonyl (C=O) groups is 1. The Morgan fingerprint density at radius 2 is 1.74 bits per heavy atom. The van der Waals surface area contributed by atoms with Crippen LogP contribution in [0.15, 0.2) is 41.5 Å². The number of benzene rings is 1. The Bertz CT molecular complexity index is 594. The lowest BCUT2D eigenvalue weighted by Gasteiger charge is -2.34. The maximum atomic E-state index is 12.1. The van der Waals surface area contributed by atoms with Gasteiger partial charge in [0.05, 0.1) is 7.11 Å². The normalized spacial score (nSPS) is 21.3. The van der Waals surface area contributed by atoms with Crippen molar-refractivity contribution in [3.8, 4) is 5.75 Å². The lowest BCUT2D eigenvalue weighted by Crippen LogP contribution is -2.34. The molecule has 0 unspecified atom stereocenters. The van der Waals surface area contributed by atoms with Crippen molar-refractivity contribution < 1.29 is 14.3 Å². The summed E-state index contributed by atoms with van der Waals surface area (Å²) in [7, 11) is 1.63. The Labute approximate surface area is 139 Å². The highest BCUT2D eigenvalue weighted by atomic mass is 16.6. The maximum Gasteiger partial charge on any atom is 0.331 e. The zero-order valence-electron chi connectivity index (χ0n) is 14.5. The number of hydrogen-bond acceptors (Lipinski definition) is 3. The molecule has 1 aromatic carbocycles. The van der Waals surface area contributed by atoms with Gasteiger partial charge in [-0.2, -0.15) is 0 Å². The van der Waals surface area contributed by atoms with E-state index in [0.29, 0.717) is 0 Å². The first-order chi connectivity index (χ1) is 10.9. The minimum absolute atomic E-state index is 0.274. The second-order valence-electron chi connectivity index (χ2n) is 6.58. The minimum Gasteiger partial charge on any atom is -0.497 e. The molecule has 1 aliphatic rings. The molecule has 0 radical (unpaired) electrons. The molecule has 3 nitrogen and oxygen atoms in total. The standard InChI is InChI=1S/C20H26O3/c1-15(2)17-11-13-20(3,14-12-17)23-19(21)10-7-16-5-8-18(22-4)9-6-16/h5-10H,11-14H2,1-4H3/b10-7+. The van der Waals surface area contributed by atoms with Crippen molar-refractivity contribution in [1.82, 2.24) is 0 Å². The molecule has 124 valence electrons. The van der Waals surface area contributed by atoms with Crippen molar-refractivity contribution in [2.45, 2.75) is 52.1 Å². The van der Waals surface area contributed by atoms with E-state index >= 15 is 0 Å². The average molecular weight is 314 g/mol. The highest BCUT2D eigenvalue weighted by molar-refractivity contribution is 5.87. The average Bonchev–Trinajstić information content (AvgIpc) is 2.53. The van der Waals surface area contributed by atoms with Crippen LogP contribution in [0.25, 0.3) is 6.08 Å². The van der Waals surface area contributed by atoms with Gasteiger partial charge in [-0.1, -0.05) is 23.3 Å². The molecule has 3 heteroatoms. The van der Waals surface area contributed by atoms with Crippen LogP contribution in [-0.4, -0.2) is 18.7 Å². The van der Waals surface area contributed by atoms with Gasteiger partial charge in [-0.05, 0) is 70.2 Å². The van der Waals surface area contributed by atoms with E-state index in [1.165, 1.54) is 17.2 Å². The number of allylic oxidation sites excluding steroid dienone is 2. The van der Waals surface area contributed by atoms with E-state index in [4.69, 9.17) is 9.47 Å². The fourth-order valence-corrected chi connectivity index (χ4v) is 2.84. The molecule has 0 aromatic heterocycles. The van der Waals surface area contributed by atoms with Gasteiger partial charge in [0.2, 0.25) is 0 Å². The number of hydrogen-bond donors (Lipinski definition) is 0. The lowest BCUT2D eigenvalue weighted by atomic mass is 9.82. The van der Waals surface area contributed by atoms with Crippen molar-refractivity contribution in [1.29, 1.82) is 0 Å². The van der Waals surface area contributed by atoms with Crippen molar-refractivity contribution in [2.75, 3.05) is 7.11 Å². The molecule has 0 heterocycles. The van der Waals surface area contributed by atoms with Gasteiger partial charge in [0.1, 0.15) is 11.4 Å². The molecule has 0 aliphatic heterocycles. The van der Waals surface area contributed by atoms with Gasteiger partial charge >= 0.3 is 5.97 Å². The molecule has 1 fully saturated rings. The molecule has 2 rings (SSSR count). The quantitative estimate of drug-likeness (QED) is 0.449. The smallest absolute Gasteiger partial charge is 0.331 e. The van der Waals surface area contributed by atoms with E-state index in [1.807, 2.05) is 31.2 Å². The predicted octanol–water partition coefficient (Wildman–Crippen LogP) is 4.92. The third-order valence-electron chi connectivity index (χ3n) is 4.49. The highest BCUT2D eigenvalue weighted by Gasteiger charge is 2.32. The van der Waals surface area contributed by atoms with Crippen LogP contribution in [0.1, 0.15) is 52.0 Å². The summed E-state index contributed by atoms with van der Waals surface area (Å²) in [6.45, 7) is 6.34. The van der Waals surface area contributed by atoms with Gasteiger partial charge in [0.15, 0.2) is 0 Å². The first-order valence-electron chi connectivity index (χ1n) is 8.12. The molecule has 0 N–H and O–H groups in total. The summed E-state index contributed by atoms with van der Waals surface area (Å²) < 4.78 is 10.8. The van der Waals surface area contributed by atoms with Crippen LogP contribution in [0.2, 0.25) is 0 Å². The zero-order chi connectivity index (χ0) is 16.9. The van der Waals surface area contributed by atoms with Crippen molar-refractivity contribution in [2.24, 2.45) is 0 Å². The van der Waals surface area contributed by atoms with Gasteiger partial charge in [0, 0.05) is 6.08 Å². The van der Waals surface area contributed by atoms with E-state index in [1.54, 1.807) is 13.2 Å². The molecule has 0 bridgehead atoms. The number of carbonyl (C=O) groups excluding carboxylic acids is 1. The fourth-order valence-electron chi connectivity index (χ4n) is 2.84. The maximum absolute atomic E-state index is 12.1. The molecule has 0 saturated heterocycles. The van der Waals surface area contributed by atoms with Crippen molar-refractivity contribution >= 4 is 12.0 Å². The highest BCUT2D eigenvalue weighted by Crippen LogP contribution is 2.35. The first kappa shape index (κ1) is 17.3.